The lowest BCUT2D eigenvalue weighted by molar-refractivity contribution is -0.148. The van der Waals surface area contributed by atoms with Crippen LogP contribution in [0.25, 0.3) is 0 Å². The standard InChI is InChI=1S/C9H16N2O3S/c1-6-11(8(12)3-4-10-2)7(5-15-6)9(13)14/h6-7,10H,3-5H2,1-2H3,(H,13,14). The molecule has 2 atom stereocenters. The smallest absolute Gasteiger partial charge is 0.327 e. The van der Waals surface area contributed by atoms with E-state index >= 15 is 0 Å². The van der Waals surface area contributed by atoms with E-state index in [9.17, 15) is 9.59 Å². The monoisotopic (exact) mass is 232 g/mol. The summed E-state index contributed by atoms with van der Waals surface area (Å²) in [5, 5.41) is 11.8. The third-order valence-corrected chi connectivity index (χ3v) is 3.60. The maximum absolute atomic E-state index is 11.7. The van der Waals surface area contributed by atoms with Crippen LogP contribution in [0.4, 0.5) is 0 Å². The fourth-order valence-corrected chi connectivity index (χ4v) is 2.76. The Kier molecular flexibility index (Phi) is 4.41. The number of aliphatic carboxylic acids is 1. The minimum atomic E-state index is -0.912. The maximum Gasteiger partial charge on any atom is 0.327 e. The number of rotatable bonds is 4. The number of hydrogen-bond donors (Lipinski definition) is 2. The fraction of sp³-hybridized carbons (Fsp3) is 0.778. The molecule has 86 valence electrons. The van der Waals surface area contributed by atoms with Crippen LogP contribution < -0.4 is 5.32 Å². The normalized spacial score (nSPS) is 25.6. The van der Waals surface area contributed by atoms with Gasteiger partial charge in [-0.2, -0.15) is 0 Å². The predicted molar refractivity (Wildman–Crippen MR) is 58.7 cm³/mol. The van der Waals surface area contributed by atoms with E-state index in [4.69, 9.17) is 5.11 Å². The molecule has 1 aliphatic rings. The highest BCUT2D eigenvalue weighted by molar-refractivity contribution is 8.00. The predicted octanol–water partition coefficient (Wildman–Crippen LogP) is -0.0295. The Balaban J connectivity index is 2.63. The molecule has 0 spiro atoms. The fourth-order valence-electron chi connectivity index (χ4n) is 1.57. The highest BCUT2D eigenvalue weighted by Crippen LogP contribution is 2.29. The Bertz CT molecular complexity index is 260. The minimum absolute atomic E-state index is 0.0320. The summed E-state index contributed by atoms with van der Waals surface area (Å²) in [6.07, 6.45) is 0.352. The lowest BCUT2D eigenvalue weighted by Crippen LogP contribution is -2.45. The first-order valence-electron chi connectivity index (χ1n) is 4.88. The van der Waals surface area contributed by atoms with Gasteiger partial charge in [-0.1, -0.05) is 0 Å². The van der Waals surface area contributed by atoms with E-state index in [-0.39, 0.29) is 11.3 Å². The second-order valence-corrected chi connectivity index (χ2v) is 4.79. The van der Waals surface area contributed by atoms with Gasteiger partial charge in [0.1, 0.15) is 6.04 Å². The van der Waals surface area contributed by atoms with E-state index in [0.29, 0.717) is 18.7 Å². The number of amides is 1. The topological polar surface area (TPSA) is 69.6 Å². The lowest BCUT2D eigenvalue weighted by atomic mass is 10.2. The number of hydrogen-bond acceptors (Lipinski definition) is 4. The minimum Gasteiger partial charge on any atom is -0.480 e. The van der Waals surface area contributed by atoms with Gasteiger partial charge in [-0.3, -0.25) is 4.79 Å². The summed E-state index contributed by atoms with van der Waals surface area (Å²) in [5.74, 6) is -0.513. The zero-order chi connectivity index (χ0) is 11.4. The molecule has 6 heteroatoms. The zero-order valence-electron chi connectivity index (χ0n) is 8.90. The largest absolute Gasteiger partial charge is 0.480 e. The molecule has 2 N–H and O–H groups in total. The maximum atomic E-state index is 11.7. The number of carbonyl (C=O) groups excluding carboxylic acids is 1. The van der Waals surface area contributed by atoms with Crippen LogP contribution in [0.5, 0.6) is 0 Å². The van der Waals surface area contributed by atoms with Gasteiger partial charge in [0.05, 0.1) is 5.37 Å². The summed E-state index contributed by atoms with van der Waals surface area (Å²) < 4.78 is 0. The summed E-state index contributed by atoms with van der Waals surface area (Å²) in [6.45, 7) is 2.45. The van der Waals surface area contributed by atoms with Gasteiger partial charge in [-0.15, -0.1) is 11.8 Å². The summed E-state index contributed by atoms with van der Waals surface area (Å²) >= 11 is 1.51. The second-order valence-electron chi connectivity index (χ2n) is 3.44. The lowest BCUT2D eigenvalue weighted by Gasteiger charge is -2.24. The first-order valence-corrected chi connectivity index (χ1v) is 5.93. The zero-order valence-corrected chi connectivity index (χ0v) is 9.71. The van der Waals surface area contributed by atoms with Gasteiger partial charge in [0.2, 0.25) is 5.91 Å². The Hall–Kier alpha value is -0.750. The Morgan fingerprint density at radius 2 is 2.27 bits per heavy atom. The number of thioether (sulfide) groups is 1. The van der Waals surface area contributed by atoms with Crippen molar-refractivity contribution in [3.8, 4) is 0 Å². The van der Waals surface area contributed by atoms with Crippen molar-refractivity contribution in [1.29, 1.82) is 0 Å². The third kappa shape index (κ3) is 2.85. The molecule has 0 aromatic carbocycles. The molecule has 1 rings (SSSR count). The van der Waals surface area contributed by atoms with E-state index in [1.54, 1.807) is 7.05 Å². The van der Waals surface area contributed by atoms with Crippen molar-refractivity contribution in [1.82, 2.24) is 10.2 Å². The number of nitrogens with zero attached hydrogens (tertiary/aromatic N) is 1. The summed E-state index contributed by atoms with van der Waals surface area (Å²) in [7, 11) is 1.77. The molecule has 1 fully saturated rings. The molecule has 15 heavy (non-hydrogen) atoms. The van der Waals surface area contributed by atoms with Crippen molar-refractivity contribution in [3.05, 3.63) is 0 Å². The third-order valence-electron chi connectivity index (χ3n) is 2.38. The SMILES string of the molecule is CNCCC(=O)N1C(C)SCC1C(=O)O. The molecule has 0 saturated carbocycles. The number of carboxylic acids is 1. The van der Waals surface area contributed by atoms with Gasteiger partial charge in [0.25, 0.3) is 0 Å². The van der Waals surface area contributed by atoms with Crippen LogP contribution in [0.3, 0.4) is 0 Å². The highest BCUT2D eigenvalue weighted by Gasteiger charge is 2.38. The molecule has 0 aromatic heterocycles. The van der Waals surface area contributed by atoms with Crippen molar-refractivity contribution >= 4 is 23.6 Å². The van der Waals surface area contributed by atoms with Crippen molar-refractivity contribution in [2.45, 2.75) is 24.8 Å². The van der Waals surface area contributed by atoms with Crippen LogP contribution >= 0.6 is 11.8 Å². The van der Waals surface area contributed by atoms with E-state index in [1.165, 1.54) is 16.7 Å². The van der Waals surface area contributed by atoms with Gasteiger partial charge >= 0.3 is 5.97 Å². The summed E-state index contributed by atoms with van der Waals surface area (Å²) in [6, 6.07) is -0.658. The van der Waals surface area contributed by atoms with Crippen LogP contribution in [0.2, 0.25) is 0 Å². The number of nitrogens with one attached hydrogen (secondary N) is 1. The van der Waals surface area contributed by atoms with Crippen molar-refractivity contribution in [3.63, 3.8) is 0 Å². The molecular formula is C9H16N2O3S. The van der Waals surface area contributed by atoms with Gasteiger partial charge in [0, 0.05) is 18.7 Å². The second kappa shape index (κ2) is 5.37. The van der Waals surface area contributed by atoms with Crippen molar-refractivity contribution in [2.75, 3.05) is 19.3 Å². The number of carboxylic acid groups (broad SMARTS) is 1. The molecule has 0 radical (unpaired) electrons. The quantitative estimate of drug-likeness (QED) is 0.712. The van der Waals surface area contributed by atoms with Crippen LogP contribution in [0.1, 0.15) is 13.3 Å². The van der Waals surface area contributed by atoms with Gasteiger partial charge in [0.15, 0.2) is 0 Å². The molecule has 1 aliphatic heterocycles. The highest BCUT2D eigenvalue weighted by atomic mass is 32.2. The van der Waals surface area contributed by atoms with Crippen LogP contribution in [-0.2, 0) is 9.59 Å². The molecule has 2 unspecified atom stereocenters. The molecule has 1 heterocycles. The first kappa shape index (κ1) is 12.3. The Morgan fingerprint density at radius 3 is 2.80 bits per heavy atom. The molecule has 0 aromatic rings. The van der Waals surface area contributed by atoms with Crippen molar-refractivity contribution < 1.29 is 14.7 Å². The summed E-state index contributed by atoms with van der Waals surface area (Å²) in [5.41, 5.74) is 0. The summed E-state index contributed by atoms with van der Waals surface area (Å²) in [4.78, 5) is 24.1. The molecular weight excluding hydrogens is 216 g/mol. The Morgan fingerprint density at radius 1 is 1.60 bits per heavy atom. The first-order chi connectivity index (χ1) is 7.07. The van der Waals surface area contributed by atoms with E-state index < -0.39 is 12.0 Å². The van der Waals surface area contributed by atoms with Gasteiger partial charge in [-0.05, 0) is 14.0 Å². The van der Waals surface area contributed by atoms with Gasteiger partial charge in [-0.25, -0.2) is 4.79 Å². The van der Waals surface area contributed by atoms with E-state index in [2.05, 4.69) is 5.32 Å². The molecule has 5 nitrogen and oxygen atoms in total. The van der Waals surface area contributed by atoms with E-state index in [1.807, 2.05) is 6.92 Å². The Labute approximate surface area is 93.2 Å². The van der Waals surface area contributed by atoms with Crippen molar-refractivity contribution in [2.24, 2.45) is 0 Å². The molecule has 1 saturated heterocycles. The van der Waals surface area contributed by atoms with Gasteiger partial charge < -0.3 is 15.3 Å². The van der Waals surface area contributed by atoms with E-state index in [0.717, 1.165) is 0 Å². The molecule has 0 aliphatic carbocycles. The van der Waals surface area contributed by atoms with Crippen LogP contribution in [0.15, 0.2) is 0 Å². The number of carbonyl (C=O) groups is 2. The molecule has 0 bridgehead atoms. The van der Waals surface area contributed by atoms with Crippen LogP contribution in [-0.4, -0.2) is 52.6 Å². The van der Waals surface area contributed by atoms with Crippen LogP contribution in [0, 0.1) is 0 Å². The average Bonchev–Trinajstić information content (AvgIpc) is 2.56. The molecule has 1 amide bonds. The average molecular weight is 232 g/mol.